The highest BCUT2D eigenvalue weighted by Gasteiger charge is 2.12. The van der Waals surface area contributed by atoms with Gasteiger partial charge in [-0.25, -0.2) is 0 Å². The second kappa shape index (κ2) is 10.8. The quantitative estimate of drug-likeness (QED) is 0.670. The molecule has 0 bridgehead atoms. The fourth-order valence-electron chi connectivity index (χ4n) is 3.29. The minimum atomic E-state index is 0.0360. The summed E-state index contributed by atoms with van der Waals surface area (Å²) in [7, 11) is 0. The lowest BCUT2D eigenvalue weighted by molar-refractivity contribution is -0.116. The number of aryl methyl sites for hydroxylation is 1. The summed E-state index contributed by atoms with van der Waals surface area (Å²) >= 11 is 0. The first kappa shape index (κ1) is 20.4. The van der Waals surface area contributed by atoms with Crippen LogP contribution in [0.2, 0.25) is 0 Å². The SMILES string of the molecule is Cc1cc(N2CCOCC2)ccc1NC(=O)CCCOCCc1ccccc1. The largest absolute Gasteiger partial charge is 0.381 e. The highest BCUT2D eigenvalue weighted by molar-refractivity contribution is 5.91. The standard InChI is InChI=1S/C23H30N2O3/c1-19-18-21(25-12-16-28-17-13-25)9-10-22(19)24-23(26)8-5-14-27-15-11-20-6-3-2-4-7-20/h2-4,6-7,9-10,18H,5,8,11-17H2,1H3,(H,24,26). The van der Waals surface area contributed by atoms with Gasteiger partial charge < -0.3 is 19.7 Å². The number of hydrogen-bond acceptors (Lipinski definition) is 4. The number of carbonyl (C=O) groups excluding carboxylic acids is 1. The van der Waals surface area contributed by atoms with Gasteiger partial charge in [-0.3, -0.25) is 4.79 Å². The second-order valence-corrected chi connectivity index (χ2v) is 7.10. The molecule has 5 heteroatoms. The number of nitrogens with one attached hydrogen (secondary N) is 1. The molecular weight excluding hydrogens is 352 g/mol. The third-order valence-electron chi connectivity index (χ3n) is 4.93. The summed E-state index contributed by atoms with van der Waals surface area (Å²) in [6.45, 7) is 6.69. The van der Waals surface area contributed by atoms with E-state index < -0.39 is 0 Å². The average Bonchev–Trinajstić information content (AvgIpc) is 2.73. The van der Waals surface area contributed by atoms with Gasteiger partial charge in [-0.05, 0) is 49.1 Å². The fourth-order valence-corrected chi connectivity index (χ4v) is 3.29. The molecule has 1 N–H and O–H groups in total. The van der Waals surface area contributed by atoms with E-state index in [9.17, 15) is 4.79 Å². The lowest BCUT2D eigenvalue weighted by Crippen LogP contribution is -2.36. The fraction of sp³-hybridized carbons (Fsp3) is 0.435. The summed E-state index contributed by atoms with van der Waals surface area (Å²) in [5.41, 5.74) is 4.42. The van der Waals surface area contributed by atoms with Crippen LogP contribution in [0.25, 0.3) is 0 Å². The predicted molar refractivity (Wildman–Crippen MR) is 113 cm³/mol. The van der Waals surface area contributed by atoms with Gasteiger partial charge in [0, 0.05) is 37.5 Å². The molecule has 5 nitrogen and oxygen atoms in total. The zero-order valence-electron chi connectivity index (χ0n) is 16.7. The molecule has 1 fully saturated rings. The van der Waals surface area contributed by atoms with Crippen molar-refractivity contribution < 1.29 is 14.3 Å². The van der Waals surface area contributed by atoms with Crippen molar-refractivity contribution in [2.24, 2.45) is 0 Å². The number of nitrogens with zero attached hydrogens (tertiary/aromatic N) is 1. The van der Waals surface area contributed by atoms with E-state index in [1.54, 1.807) is 0 Å². The summed E-state index contributed by atoms with van der Waals surface area (Å²) in [5, 5.41) is 3.02. The molecule has 1 aliphatic heterocycles. The molecule has 0 atom stereocenters. The van der Waals surface area contributed by atoms with Gasteiger partial charge in [0.15, 0.2) is 0 Å². The van der Waals surface area contributed by atoms with Crippen LogP contribution in [0.4, 0.5) is 11.4 Å². The number of hydrogen-bond donors (Lipinski definition) is 1. The van der Waals surface area contributed by atoms with E-state index >= 15 is 0 Å². The normalized spacial score (nSPS) is 14.1. The summed E-state index contributed by atoms with van der Waals surface area (Å²) in [6.07, 6.45) is 2.10. The lowest BCUT2D eigenvalue weighted by atomic mass is 10.1. The average molecular weight is 383 g/mol. The molecule has 0 saturated carbocycles. The van der Waals surface area contributed by atoms with Crippen molar-refractivity contribution in [3.63, 3.8) is 0 Å². The van der Waals surface area contributed by atoms with E-state index in [1.165, 1.54) is 11.3 Å². The van der Waals surface area contributed by atoms with Crippen molar-refractivity contribution in [1.29, 1.82) is 0 Å². The predicted octanol–water partition coefficient (Wildman–Crippen LogP) is 3.81. The Kier molecular flexibility index (Phi) is 7.88. The first-order valence-corrected chi connectivity index (χ1v) is 10.1. The smallest absolute Gasteiger partial charge is 0.224 e. The third-order valence-corrected chi connectivity index (χ3v) is 4.93. The summed E-state index contributed by atoms with van der Waals surface area (Å²) < 4.78 is 11.1. The van der Waals surface area contributed by atoms with E-state index in [2.05, 4.69) is 34.5 Å². The molecule has 0 unspecified atom stereocenters. The van der Waals surface area contributed by atoms with Crippen LogP contribution in [0.5, 0.6) is 0 Å². The van der Waals surface area contributed by atoms with Crippen molar-refractivity contribution in [3.05, 3.63) is 59.7 Å². The minimum absolute atomic E-state index is 0.0360. The molecule has 3 rings (SSSR count). The van der Waals surface area contributed by atoms with Gasteiger partial charge in [-0.2, -0.15) is 0 Å². The van der Waals surface area contributed by atoms with Gasteiger partial charge in [0.25, 0.3) is 0 Å². The van der Waals surface area contributed by atoms with E-state index in [1.807, 2.05) is 31.2 Å². The molecule has 1 heterocycles. The molecule has 1 aliphatic rings. The van der Waals surface area contributed by atoms with Crippen LogP contribution in [0.3, 0.4) is 0 Å². The summed E-state index contributed by atoms with van der Waals surface area (Å²) in [4.78, 5) is 14.5. The molecule has 2 aromatic carbocycles. The molecule has 0 aliphatic carbocycles. The Morgan fingerprint density at radius 3 is 2.64 bits per heavy atom. The number of rotatable bonds is 9. The topological polar surface area (TPSA) is 50.8 Å². The van der Waals surface area contributed by atoms with E-state index in [0.29, 0.717) is 19.6 Å². The zero-order valence-corrected chi connectivity index (χ0v) is 16.7. The Morgan fingerprint density at radius 1 is 1.11 bits per heavy atom. The molecule has 0 aromatic heterocycles. The minimum Gasteiger partial charge on any atom is -0.381 e. The maximum atomic E-state index is 12.2. The molecule has 0 radical (unpaired) electrons. The van der Waals surface area contributed by atoms with Gasteiger partial charge in [-0.15, -0.1) is 0 Å². The Bertz CT molecular complexity index is 743. The van der Waals surface area contributed by atoms with Crippen molar-refractivity contribution >= 4 is 17.3 Å². The van der Waals surface area contributed by atoms with Crippen LogP contribution >= 0.6 is 0 Å². The number of morpholine rings is 1. The molecular formula is C23H30N2O3. The van der Waals surface area contributed by atoms with Crippen molar-refractivity contribution in [2.75, 3.05) is 49.7 Å². The van der Waals surface area contributed by atoms with Crippen molar-refractivity contribution in [1.82, 2.24) is 0 Å². The van der Waals surface area contributed by atoms with Crippen LogP contribution in [-0.2, 0) is 20.7 Å². The Hall–Kier alpha value is -2.37. The first-order valence-electron chi connectivity index (χ1n) is 10.1. The third kappa shape index (κ3) is 6.36. The van der Waals surface area contributed by atoms with Crippen LogP contribution in [-0.4, -0.2) is 45.4 Å². The number of carbonyl (C=O) groups is 1. The molecule has 1 saturated heterocycles. The van der Waals surface area contributed by atoms with Crippen molar-refractivity contribution in [2.45, 2.75) is 26.2 Å². The molecule has 2 aromatic rings. The van der Waals surface area contributed by atoms with Gasteiger partial charge in [-0.1, -0.05) is 30.3 Å². The second-order valence-electron chi connectivity index (χ2n) is 7.10. The highest BCUT2D eigenvalue weighted by atomic mass is 16.5. The monoisotopic (exact) mass is 382 g/mol. The number of amides is 1. The zero-order chi connectivity index (χ0) is 19.6. The Balaban J connectivity index is 1.35. The van der Waals surface area contributed by atoms with Crippen LogP contribution in [0.1, 0.15) is 24.0 Å². The lowest BCUT2D eigenvalue weighted by Gasteiger charge is -2.29. The van der Waals surface area contributed by atoms with Crippen LogP contribution in [0, 0.1) is 6.92 Å². The van der Waals surface area contributed by atoms with Crippen molar-refractivity contribution in [3.8, 4) is 0 Å². The van der Waals surface area contributed by atoms with Crippen LogP contribution in [0.15, 0.2) is 48.5 Å². The van der Waals surface area contributed by atoms with Crippen LogP contribution < -0.4 is 10.2 Å². The maximum absolute atomic E-state index is 12.2. The van der Waals surface area contributed by atoms with Gasteiger partial charge in [0.2, 0.25) is 5.91 Å². The molecule has 0 spiro atoms. The number of ether oxygens (including phenoxy) is 2. The Labute approximate surface area is 167 Å². The highest BCUT2D eigenvalue weighted by Crippen LogP contribution is 2.23. The molecule has 1 amide bonds. The number of benzene rings is 2. The van der Waals surface area contributed by atoms with E-state index in [0.717, 1.165) is 50.4 Å². The number of anilines is 2. The van der Waals surface area contributed by atoms with Gasteiger partial charge >= 0.3 is 0 Å². The Morgan fingerprint density at radius 2 is 1.89 bits per heavy atom. The van der Waals surface area contributed by atoms with E-state index in [-0.39, 0.29) is 5.91 Å². The molecule has 28 heavy (non-hydrogen) atoms. The van der Waals surface area contributed by atoms with E-state index in [4.69, 9.17) is 9.47 Å². The maximum Gasteiger partial charge on any atom is 0.224 e. The van der Waals surface area contributed by atoms with Gasteiger partial charge in [0.1, 0.15) is 0 Å². The molecule has 150 valence electrons. The van der Waals surface area contributed by atoms with Gasteiger partial charge in [0.05, 0.1) is 19.8 Å². The first-order chi connectivity index (χ1) is 13.7. The summed E-state index contributed by atoms with van der Waals surface area (Å²) in [6, 6.07) is 16.5. The summed E-state index contributed by atoms with van der Waals surface area (Å²) in [5.74, 6) is 0.0360.